The van der Waals surface area contributed by atoms with E-state index < -0.39 is 0 Å². The summed E-state index contributed by atoms with van der Waals surface area (Å²) in [5.74, 6) is 0. The third-order valence-electron chi connectivity index (χ3n) is 3.44. The summed E-state index contributed by atoms with van der Waals surface area (Å²) in [6, 6.07) is 10.7. The molecule has 1 aromatic carbocycles. The van der Waals surface area contributed by atoms with E-state index in [0.29, 0.717) is 0 Å². The molecule has 1 aromatic rings. The zero-order valence-corrected chi connectivity index (χ0v) is 10.9. The molecule has 0 radical (unpaired) electrons. The molecule has 0 aliphatic carbocycles. The molecule has 0 atom stereocenters. The Morgan fingerprint density at radius 1 is 1.24 bits per heavy atom. The molecule has 2 rings (SSSR count). The van der Waals surface area contributed by atoms with Crippen LogP contribution in [0.5, 0.6) is 0 Å². The first-order valence-corrected chi connectivity index (χ1v) is 6.44. The summed E-state index contributed by atoms with van der Waals surface area (Å²) in [5.41, 5.74) is 4.54. The Labute approximate surface area is 104 Å². The van der Waals surface area contributed by atoms with Gasteiger partial charge in [-0.3, -0.25) is 4.90 Å². The molecule has 0 amide bonds. The first kappa shape index (κ1) is 12.3. The Bertz CT molecular complexity index is 375. The summed E-state index contributed by atoms with van der Waals surface area (Å²) in [6.45, 7) is 9.94. The van der Waals surface area contributed by atoms with Crippen molar-refractivity contribution in [2.24, 2.45) is 0 Å². The molecule has 92 valence electrons. The Morgan fingerprint density at radius 2 is 1.94 bits per heavy atom. The molecule has 0 unspecified atom stereocenters. The van der Waals surface area contributed by atoms with Crippen LogP contribution in [-0.2, 0) is 6.54 Å². The third kappa shape index (κ3) is 3.42. The summed E-state index contributed by atoms with van der Waals surface area (Å²) in [4.78, 5) is 2.50. The molecule has 1 heterocycles. The highest BCUT2D eigenvalue weighted by atomic mass is 15.1. The molecule has 2 nitrogen and oxygen atoms in total. The van der Waals surface area contributed by atoms with Crippen molar-refractivity contribution in [3.8, 4) is 0 Å². The lowest BCUT2D eigenvalue weighted by Crippen LogP contribution is -2.36. The maximum atomic E-state index is 3.31. The smallest absolute Gasteiger partial charge is 0.0237 e. The predicted molar refractivity (Wildman–Crippen MR) is 73.0 cm³/mol. The van der Waals surface area contributed by atoms with Gasteiger partial charge in [0.05, 0.1) is 0 Å². The minimum Gasteiger partial charge on any atom is -0.309 e. The van der Waals surface area contributed by atoms with Crippen LogP contribution in [0, 0.1) is 0 Å². The van der Waals surface area contributed by atoms with E-state index >= 15 is 0 Å². The fraction of sp³-hybridized carbons (Fsp3) is 0.467. The van der Waals surface area contributed by atoms with E-state index in [1.807, 2.05) is 0 Å². The number of hydrogen-bond acceptors (Lipinski definition) is 2. The van der Waals surface area contributed by atoms with E-state index in [1.54, 1.807) is 11.1 Å². The highest BCUT2D eigenvalue weighted by Gasteiger charge is 2.12. The molecule has 1 N–H and O–H groups in total. The maximum absolute atomic E-state index is 3.31. The average molecular weight is 230 g/mol. The molecule has 0 aromatic heterocycles. The van der Waals surface area contributed by atoms with E-state index in [0.717, 1.165) is 32.7 Å². The molecular weight excluding hydrogens is 208 g/mol. The number of benzene rings is 1. The van der Waals surface area contributed by atoms with Crippen LogP contribution in [0.15, 0.2) is 41.5 Å². The van der Waals surface area contributed by atoms with Gasteiger partial charge in [0.2, 0.25) is 0 Å². The monoisotopic (exact) mass is 230 g/mol. The van der Waals surface area contributed by atoms with E-state index in [1.165, 1.54) is 5.56 Å². The fourth-order valence-electron chi connectivity index (χ4n) is 2.12. The number of hydrogen-bond donors (Lipinski definition) is 1. The molecule has 17 heavy (non-hydrogen) atoms. The molecule has 1 fully saturated rings. The van der Waals surface area contributed by atoms with Gasteiger partial charge in [-0.05, 0) is 24.6 Å². The third-order valence-corrected chi connectivity index (χ3v) is 3.44. The Morgan fingerprint density at radius 3 is 2.47 bits per heavy atom. The quantitative estimate of drug-likeness (QED) is 0.782. The lowest BCUT2D eigenvalue weighted by atomic mass is 10.0. The van der Waals surface area contributed by atoms with Crippen LogP contribution in [0.3, 0.4) is 0 Å². The van der Waals surface area contributed by atoms with Gasteiger partial charge in [0.1, 0.15) is 0 Å². The van der Waals surface area contributed by atoms with Crippen molar-refractivity contribution in [1.82, 2.24) is 10.2 Å². The average Bonchev–Trinajstić information content (AvgIpc) is 2.27. The summed E-state index contributed by atoms with van der Waals surface area (Å²) >= 11 is 0. The molecule has 0 spiro atoms. The number of nitrogens with one attached hydrogen (secondary N) is 1. The molecule has 1 saturated heterocycles. The van der Waals surface area contributed by atoms with Crippen LogP contribution in [0.25, 0.3) is 0 Å². The minimum absolute atomic E-state index is 1.05. The highest BCUT2D eigenvalue weighted by molar-refractivity contribution is 5.23. The maximum Gasteiger partial charge on any atom is 0.0237 e. The van der Waals surface area contributed by atoms with Gasteiger partial charge in [0.25, 0.3) is 0 Å². The van der Waals surface area contributed by atoms with Crippen LogP contribution in [0.1, 0.15) is 19.4 Å². The molecule has 0 saturated carbocycles. The van der Waals surface area contributed by atoms with Gasteiger partial charge >= 0.3 is 0 Å². The summed E-state index contributed by atoms with van der Waals surface area (Å²) in [7, 11) is 0. The Balaban J connectivity index is 1.93. The zero-order chi connectivity index (χ0) is 12.1. The van der Waals surface area contributed by atoms with Crippen LogP contribution >= 0.6 is 0 Å². The fourth-order valence-corrected chi connectivity index (χ4v) is 2.12. The van der Waals surface area contributed by atoms with Gasteiger partial charge in [0.15, 0.2) is 0 Å². The Kier molecular flexibility index (Phi) is 4.35. The molecule has 2 heteroatoms. The van der Waals surface area contributed by atoms with Crippen LogP contribution in [0.4, 0.5) is 0 Å². The summed E-state index contributed by atoms with van der Waals surface area (Å²) < 4.78 is 0. The Hall–Kier alpha value is -1.12. The van der Waals surface area contributed by atoms with Gasteiger partial charge in [-0.25, -0.2) is 0 Å². The summed E-state index contributed by atoms with van der Waals surface area (Å²) in [5, 5.41) is 3.31. The second kappa shape index (κ2) is 5.99. The lowest BCUT2D eigenvalue weighted by molar-refractivity contribution is 0.302. The van der Waals surface area contributed by atoms with Crippen LogP contribution < -0.4 is 5.32 Å². The van der Waals surface area contributed by atoms with E-state index in [4.69, 9.17) is 0 Å². The van der Waals surface area contributed by atoms with Crippen molar-refractivity contribution in [3.63, 3.8) is 0 Å². The van der Waals surface area contributed by atoms with E-state index in [2.05, 4.69) is 54.4 Å². The SMILES string of the molecule is CCN(CC(C)=C1CNC1)Cc1ccccc1. The molecule has 1 aliphatic rings. The summed E-state index contributed by atoms with van der Waals surface area (Å²) in [6.07, 6.45) is 0. The van der Waals surface area contributed by atoms with Gasteiger partial charge in [-0.15, -0.1) is 0 Å². The molecule has 1 aliphatic heterocycles. The van der Waals surface area contributed by atoms with Crippen LogP contribution in [0.2, 0.25) is 0 Å². The molecular formula is C15H22N2. The van der Waals surface area contributed by atoms with Crippen LogP contribution in [-0.4, -0.2) is 31.1 Å². The lowest BCUT2D eigenvalue weighted by Gasteiger charge is -2.26. The van der Waals surface area contributed by atoms with Crippen molar-refractivity contribution in [1.29, 1.82) is 0 Å². The van der Waals surface area contributed by atoms with Gasteiger partial charge in [-0.2, -0.15) is 0 Å². The second-order valence-electron chi connectivity index (χ2n) is 4.78. The second-order valence-corrected chi connectivity index (χ2v) is 4.78. The van der Waals surface area contributed by atoms with Crippen molar-refractivity contribution in [2.75, 3.05) is 26.2 Å². The van der Waals surface area contributed by atoms with Crippen molar-refractivity contribution in [3.05, 3.63) is 47.0 Å². The highest BCUT2D eigenvalue weighted by Crippen LogP contribution is 2.12. The van der Waals surface area contributed by atoms with Gasteiger partial charge in [0, 0.05) is 26.2 Å². The standard InChI is InChI=1S/C15H22N2/c1-3-17(11-13(2)15-9-16-10-15)12-14-7-5-4-6-8-14/h4-8,16H,3,9-12H2,1-2H3. The number of rotatable bonds is 5. The first-order valence-electron chi connectivity index (χ1n) is 6.44. The predicted octanol–water partition coefficient (Wildman–Crippen LogP) is 2.43. The largest absolute Gasteiger partial charge is 0.309 e. The van der Waals surface area contributed by atoms with E-state index in [-0.39, 0.29) is 0 Å². The minimum atomic E-state index is 1.05. The van der Waals surface area contributed by atoms with Crippen molar-refractivity contribution in [2.45, 2.75) is 20.4 Å². The topological polar surface area (TPSA) is 15.3 Å². The number of likely N-dealkylation sites (N-methyl/N-ethyl adjacent to an activating group) is 1. The van der Waals surface area contributed by atoms with Gasteiger partial charge in [-0.1, -0.05) is 42.8 Å². The van der Waals surface area contributed by atoms with Crippen molar-refractivity contribution >= 4 is 0 Å². The normalized spacial score (nSPS) is 14.9. The van der Waals surface area contributed by atoms with Crippen molar-refractivity contribution < 1.29 is 0 Å². The zero-order valence-electron chi connectivity index (χ0n) is 10.9. The number of nitrogens with zero attached hydrogens (tertiary/aromatic N) is 1. The van der Waals surface area contributed by atoms with E-state index in [9.17, 15) is 0 Å². The molecule has 0 bridgehead atoms. The van der Waals surface area contributed by atoms with Gasteiger partial charge < -0.3 is 5.32 Å². The first-order chi connectivity index (χ1) is 8.29.